The lowest BCUT2D eigenvalue weighted by Gasteiger charge is -2.05. The number of aryl methyl sites for hydroxylation is 1. The Balaban J connectivity index is 1.57. The number of rotatable bonds is 6. The molecule has 0 N–H and O–H groups in total. The van der Waals surface area contributed by atoms with E-state index in [-0.39, 0.29) is 0 Å². The summed E-state index contributed by atoms with van der Waals surface area (Å²) >= 11 is 0. The van der Waals surface area contributed by atoms with Gasteiger partial charge in [-0.05, 0) is 63.3 Å². The van der Waals surface area contributed by atoms with Gasteiger partial charge in [0.1, 0.15) is 0 Å². The van der Waals surface area contributed by atoms with Crippen molar-refractivity contribution in [3.05, 3.63) is 80.6 Å². The summed E-state index contributed by atoms with van der Waals surface area (Å²) in [6.07, 6.45) is 5.04. The van der Waals surface area contributed by atoms with E-state index in [1.165, 1.54) is 62.0 Å². The Morgan fingerprint density at radius 3 is 1.74 bits per heavy atom. The second-order valence-electron chi connectivity index (χ2n) is 6.49. The van der Waals surface area contributed by atoms with Crippen LogP contribution in [-0.4, -0.2) is 0 Å². The summed E-state index contributed by atoms with van der Waals surface area (Å²) in [6, 6.07) is 19.3. The second kappa shape index (κ2) is 8.87. The van der Waals surface area contributed by atoms with Gasteiger partial charge >= 0.3 is 0 Å². The highest BCUT2D eigenvalue weighted by atomic mass is 33.1. The number of unbranched alkanes of at least 4 members (excludes halogenated alkanes) is 2. The molecule has 0 radical (unpaired) electrons. The van der Waals surface area contributed by atoms with E-state index in [1.54, 1.807) is 0 Å². The maximum atomic E-state index is 9.00. The lowest BCUT2D eigenvalue weighted by molar-refractivity contribution is 0.717. The van der Waals surface area contributed by atoms with E-state index in [1.807, 2.05) is 55.3 Å². The third-order valence-corrected chi connectivity index (χ3v) is 10.0. The molecule has 0 aliphatic carbocycles. The van der Waals surface area contributed by atoms with Crippen molar-refractivity contribution in [2.75, 3.05) is 0 Å². The number of fused-ring (bicyclic) bond motifs is 1. The fourth-order valence-corrected chi connectivity index (χ4v) is 9.86. The first-order chi connectivity index (χ1) is 13.3. The topological polar surface area (TPSA) is 23.8 Å². The van der Waals surface area contributed by atoms with E-state index in [0.29, 0.717) is 5.56 Å². The molecule has 0 bridgehead atoms. The molecular weight excluding hydrogens is 407 g/mol. The minimum atomic E-state index is 0.712. The number of hydrogen-bond donors (Lipinski definition) is 0. The minimum Gasteiger partial charge on any atom is -0.192 e. The Kier molecular flexibility index (Phi) is 6.29. The Hall–Kier alpha value is -1.19. The van der Waals surface area contributed by atoms with Crippen LogP contribution in [0.3, 0.4) is 0 Å². The fourth-order valence-electron chi connectivity index (χ4n) is 3.06. The summed E-state index contributed by atoms with van der Waals surface area (Å²) in [5.74, 6) is 0. The third kappa shape index (κ3) is 4.14. The van der Waals surface area contributed by atoms with Gasteiger partial charge in [-0.1, -0.05) is 77.8 Å². The van der Waals surface area contributed by atoms with Gasteiger partial charge < -0.3 is 0 Å². The number of nitriles is 1. The van der Waals surface area contributed by atoms with Crippen LogP contribution >= 0.6 is 43.2 Å². The summed E-state index contributed by atoms with van der Waals surface area (Å²) in [6.45, 7) is 2.25. The summed E-state index contributed by atoms with van der Waals surface area (Å²) in [4.78, 5) is 5.48. The van der Waals surface area contributed by atoms with Crippen molar-refractivity contribution in [2.45, 2.75) is 32.6 Å². The lowest BCUT2D eigenvalue weighted by atomic mass is 10.0. The zero-order valence-corrected chi connectivity index (χ0v) is 18.3. The van der Waals surface area contributed by atoms with Gasteiger partial charge in [0.2, 0.25) is 0 Å². The first-order valence-corrected chi connectivity index (χ1v) is 13.4. The molecule has 136 valence electrons. The molecular formula is C22H19NS4. The zero-order valence-electron chi connectivity index (χ0n) is 15.0. The van der Waals surface area contributed by atoms with Gasteiger partial charge in [-0.25, -0.2) is 0 Å². The molecule has 0 atom stereocenters. The first kappa shape index (κ1) is 19.1. The van der Waals surface area contributed by atoms with Crippen molar-refractivity contribution in [1.82, 2.24) is 0 Å². The molecule has 0 aromatic heterocycles. The predicted molar refractivity (Wildman–Crippen MR) is 125 cm³/mol. The standard InChI is InChI=1S/C22H19NS4/c1-2-3-4-5-15-6-10-17(11-7-15)19-21-22(27-24-19)20(25-26-21)18-12-8-16(14-23)9-13-18/h6-13H,2-5H2,1H3. The van der Waals surface area contributed by atoms with Gasteiger partial charge in [0.25, 0.3) is 0 Å². The second-order valence-corrected chi connectivity index (χ2v) is 10.8. The van der Waals surface area contributed by atoms with Gasteiger partial charge in [0.05, 0.1) is 11.6 Å². The Labute approximate surface area is 176 Å². The van der Waals surface area contributed by atoms with Crippen molar-refractivity contribution in [2.24, 2.45) is 0 Å². The van der Waals surface area contributed by atoms with Crippen LogP contribution in [0.1, 0.15) is 48.4 Å². The molecule has 5 heteroatoms. The molecule has 0 saturated heterocycles. The molecule has 1 nitrogen and oxygen atoms in total. The largest absolute Gasteiger partial charge is 0.192 e. The van der Waals surface area contributed by atoms with Crippen LogP contribution in [0.15, 0.2) is 58.3 Å². The number of hydrogen-bond acceptors (Lipinski definition) is 5. The molecule has 2 heterocycles. The Bertz CT molecular complexity index is 934. The third-order valence-electron chi connectivity index (χ3n) is 4.60. The smallest absolute Gasteiger partial charge is 0.0991 e. The normalized spacial score (nSPS) is 16.0. The highest BCUT2D eigenvalue weighted by Crippen LogP contribution is 2.68. The average Bonchev–Trinajstić information content (AvgIpc) is 3.31. The maximum Gasteiger partial charge on any atom is 0.0991 e. The molecule has 2 aliphatic rings. The van der Waals surface area contributed by atoms with E-state index in [4.69, 9.17) is 5.26 Å². The highest BCUT2D eigenvalue weighted by Gasteiger charge is 2.32. The van der Waals surface area contributed by atoms with Crippen LogP contribution in [0.2, 0.25) is 0 Å². The van der Waals surface area contributed by atoms with Crippen molar-refractivity contribution in [3.63, 3.8) is 0 Å². The first-order valence-electron chi connectivity index (χ1n) is 9.08. The molecule has 2 aromatic rings. The molecule has 0 fully saturated rings. The Morgan fingerprint density at radius 2 is 1.22 bits per heavy atom. The van der Waals surface area contributed by atoms with Crippen molar-refractivity contribution in [3.8, 4) is 6.07 Å². The molecule has 0 unspecified atom stereocenters. The molecule has 0 spiro atoms. The van der Waals surface area contributed by atoms with Crippen molar-refractivity contribution < 1.29 is 0 Å². The van der Waals surface area contributed by atoms with Gasteiger partial charge in [-0.3, -0.25) is 0 Å². The molecule has 2 aliphatic heterocycles. The minimum absolute atomic E-state index is 0.712. The van der Waals surface area contributed by atoms with Crippen LogP contribution in [0, 0.1) is 11.3 Å². The van der Waals surface area contributed by atoms with Crippen LogP contribution in [0.25, 0.3) is 9.81 Å². The maximum absolute atomic E-state index is 9.00. The van der Waals surface area contributed by atoms with Crippen LogP contribution in [-0.2, 0) is 6.42 Å². The summed E-state index contributed by atoms with van der Waals surface area (Å²) < 4.78 is 0. The summed E-state index contributed by atoms with van der Waals surface area (Å²) in [7, 11) is 7.44. The van der Waals surface area contributed by atoms with Crippen molar-refractivity contribution >= 4 is 53.0 Å². The quantitative estimate of drug-likeness (QED) is 0.343. The van der Waals surface area contributed by atoms with Crippen LogP contribution in [0.4, 0.5) is 0 Å². The van der Waals surface area contributed by atoms with E-state index in [0.717, 1.165) is 0 Å². The molecule has 0 amide bonds. The number of nitrogens with zero attached hydrogens (tertiary/aromatic N) is 1. The lowest BCUT2D eigenvalue weighted by Crippen LogP contribution is -1.87. The molecule has 0 saturated carbocycles. The van der Waals surface area contributed by atoms with Gasteiger partial charge in [0.15, 0.2) is 0 Å². The Morgan fingerprint density at radius 1 is 0.704 bits per heavy atom. The van der Waals surface area contributed by atoms with Crippen LogP contribution < -0.4 is 0 Å². The summed E-state index contributed by atoms with van der Waals surface area (Å²) in [5.41, 5.74) is 4.68. The molecule has 4 rings (SSSR count). The van der Waals surface area contributed by atoms with Crippen molar-refractivity contribution in [1.29, 1.82) is 5.26 Å². The van der Waals surface area contributed by atoms with Crippen LogP contribution in [0.5, 0.6) is 0 Å². The van der Waals surface area contributed by atoms with E-state index < -0.39 is 0 Å². The monoisotopic (exact) mass is 425 g/mol. The summed E-state index contributed by atoms with van der Waals surface area (Å²) in [5, 5.41) is 9.00. The SMILES string of the molecule is CCCCCc1ccc(C2=C3SSC(c4ccc(C#N)cc4)=C3SS2)cc1. The predicted octanol–water partition coefficient (Wildman–Crippen LogP) is 8.12. The molecule has 27 heavy (non-hydrogen) atoms. The number of benzene rings is 2. The van der Waals surface area contributed by atoms with Gasteiger partial charge in [0, 0.05) is 19.6 Å². The van der Waals surface area contributed by atoms with E-state index in [2.05, 4.69) is 49.4 Å². The van der Waals surface area contributed by atoms with E-state index >= 15 is 0 Å². The van der Waals surface area contributed by atoms with E-state index in [9.17, 15) is 0 Å². The fraction of sp³-hybridized carbons (Fsp3) is 0.227. The van der Waals surface area contributed by atoms with Gasteiger partial charge in [-0.2, -0.15) is 5.26 Å². The molecule has 2 aromatic carbocycles. The zero-order chi connectivity index (χ0) is 18.6. The van der Waals surface area contributed by atoms with Gasteiger partial charge in [-0.15, -0.1) is 0 Å². The average molecular weight is 426 g/mol. The highest BCUT2D eigenvalue weighted by molar-refractivity contribution is 8.87.